The Labute approximate surface area is 84.3 Å². The lowest BCUT2D eigenvalue weighted by atomic mass is 10.4. The summed E-state index contributed by atoms with van der Waals surface area (Å²) in [6.07, 6.45) is 7.41. The fourth-order valence-corrected chi connectivity index (χ4v) is 9.63. The fraction of sp³-hybridized carbons (Fsp3) is 0.200. The smallest absolute Gasteiger partial charge is 0.00688 e. The van der Waals surface area contributed by atoms with E-state index in [2.05, 4.69) is 42.5 Å². The summed E-state index contributed by atoms with van der Waals surface area (Å²) in [5.41, 5.74) is 0. The van der Waals surface area contributed by atoms with Gasteiger partial charge in [0.1, 0.15) is 0 Å². The number of rotatable bonds is 2. The molecule has 1 aliphatic rings. The maximum Gasteiger partial charge on any atom is -0.00688 e. The lowest BCUT2D eigenvalue weighted by molar-refractivity contribution is 1.65. The van der Waals surface area contributed by atoms with Crippen molar-refractivity contribution in [1.29, 1.82) is 0 Å². The number of allylic oxidation sites excluding steroid dienone is 2. The van der Waals surface area contributed by atoms with Crippen LogP contribution in [0.4, 0.5) is 0 Å². The number of benzene rings is 1. The Morgan fingerprint density at radius 1 is 1.15 bits per heavy atom. The molecule has 0 amide bonds. The summed E-state index contributed by atoms with van der Waals surface area (Å²) in [6.45, 7) is 0. The Kier molecular flexibility index (Phi) is 3.92. The molecule has 0 bridgehead atoms. The van der Waals surface area contributed by atoms with Crippen molar-refractivity contribution in [3.8, 4) is 0 Å². The Hall–Kier alpha value is 0.250. The monoisotopic (exact) mass is 226 g/mol. The highest BCUT2D eigenvalue weighted by molar-refractivity contribution is 8.53. The summed E-state index contributed by atoms with van der Waals surface area (Å²) < 4.78 is 0. The van der Waals surface area contributed by atoms with Crippen LogP contribution in [0.25, 0.3) is 0 Å². The zero-order chi connectivity index (χ0) is 8.93. The molecule has 3 heteroatoms. The molecule has 0 aromatic heterocycles. The van der Waals surface area contributed by atoms with Gasteiger partial charge < -0.3 is 0 Å². The molecule has 3 unspecified atom stereocenters. The van der Waals surface area contributed by atoms with Gasteiger partial charge in [-0.25, -0.2) is 0 Å². The average molecular weight is 226 g/mol. The van der Waals surface area contributed by atoms with Crippen molar-refractivity contribution in [3.63, 3.8) is 0 Å². The van der Waals surface area contributed by atoms with E-state index in [1.54, 1.807) is 5.30 Å². The highest BCUT2D eigenvalue weighted by Crippen LogP contribution is 2.69. The summed E-state index contributed by atoms with van der Waals surface area (Å²) in [7, 11) is 2.61. The first-order chi connectivity index (χ1) is 6.45. The topological polar surface area (TPSA) is 0 Å². The summed E-state index contributed by atoms with van der Waals surface area (Å²) >= 11 is 0. The molecule has 0 radical (unpaired) electrons. The number of hydrogen-bond acceptors (Lipinski definition) is 0. The zero-order valence-corrected chi connectivity index (χ0v) is 10.3. The molecular weight excluding hydrogens is 213 g/mol. The molecule has 0 nitrogen and oxygen atoms in total. The van der Waals surface area contributed by atoms with Gasteiger partial charge in [0.25, 0.3) is 0 Å². The van der Waals surface area contributed by atoms with Crippen LogP contribution in [0.5, 0.6) is 0 Å². The van der Waals surface area contributed by atoms with Crippen LogP contribution in [0.2, 0.25) is 0 Å². The normalized spacial score (nSPS) is 24.5. The van der Waals surface area contributed by atoms with Crippen molar-refractivity contribution < 1.29 is 0 Å². The molecule has 0 aliphatic carbocycles. The third kappa shape index (κ3) is 3.14. The summed E-state index contributed by atoms with van der Waals surface area (Å²) in [4.78, 5) is 0. The van der Waals surface area contributed by atoms with Gasteiger partial charge in [-0.05, 0) is 17.6 Å². The van der Waals surface area contributed by atoms with E-state index in [0.717, 1.165) is 8.27 Å². The van der Waals surface area contributed by atoms with Crippen LogP contribution < -0.4 is 5.30 Å². The Balaban J connectivity index is 1.94. The van der Waals surface area contributed by atoms with Gasteiger partial charge in [-0.1, -0.05) is 66.3 Å². The second kappa shape index (κ2) is 5.21. The third-order valence-corrected chi connectivity index (χ3v) is 10.9. The van der Waals surface area contributed by atoms with E-state index in [4.69, 9.17) is 0 Å². The number of hydrogen-bond donors (Lipinski definition) is 0. The third-order valence-electron chi connectivity index (χ3n) is 1.89. The van der Waals surface area contributed by atoms with E-state index in [0.29, 0.717) is 7.30 Å². The van der Waals surface area contributed by atoms with Crippen molar-refractivity contribution in [2.75, 3.05) is 12.3 Å². The predicted molar refractivity (Wildman–Crippen MR) is 68.5 cm³/mol. The molecule has 1 aromatic carbocycles. The standard InChI is InChI=1S/C10H13P3/c1-2-6-10(7-3-1)12-13-9-5-4-8-11-13/h1-7,11-12H,8-9H2. The molecule has 1 aromatic rings. The Morgan fingerprint density at radius 2 is 2.00 bits per heavy atom. The molecule has 68 valence electrons. The molecule has 0 saturated carbocycles. The second-order valence-electron chi connectivity index (χ2n) is 2.92. The van der Waals surface area contributed by atoms with Gasteiger partial charge in [-0.3, -0.25) is 0 Å². The molecule has 13 heavy (non-hydrogen) atoms. The van der Waals surface area contributed by atoms with Gasteiger partial charge in [-0.2, -0.15) is 0 Å². The van der Waals surface area contributed by atoms with E-state index in [1.165, 1.54) is 20.6 Å². The maximum absolute atomic E-state index is 2.37. The highest BCUT2D eigenvalue weighted by atomic mass is 32.4. The first-order valence-electron chi connectivity index (χ1n) is 4.43. The molecule has 2 rings (SSSR count). The van der Waals surface area contributed by atoms with Crippen LogP contribution in [0.1, 0.15) is 0 Å². The fourth-order valence-electron chi connectivity index (χ4n) is 1.24. The summed E-state index contributed by atoms with van der Waals surface area (Å²) in [6, 6.07) is 10.9. The van der Waals surface area contributed by atoms with Crippen molar-refractivity contribution in [2.45, 2.75) is 0 Å². The van der Waals surface area contributed by atoms with Crippen molar-refractivity contribution in [2.24, 2.45) is 0 Å². The van der Waals surface area contributed by atoms with E-state index in [9.17, 15) is 0 Å². The lowest BCUT2D eigenvalue weighted by Gasteiger charge is -2.18. The molecule has 0 fully saturated rings. The largest absolute Gasteiger partial charge is 0.0873 e. The predicted octanol–water partition coefficient (Wildman–Crippen LogP) is 3.55. The SMILES string of the molecule is C1=CCP(Pc2ccccc2)PC1. The molecular formula is C10H13P3. The van der Waals surface area contributed by atoms with Crippen LogP contribution in [-0.2, 0) is 0 Å². The maximum atomic E-state index is 2.37. The van der Waals surface area contributed by atoms with E-state index >= 15 is 0 Å². The average Bonchev–Trinajstić information content (AvgIpc) is 2.21. The van der Waals surface area contributed by atoms with Gasteiger partial charge in [0.2, 0.25) is 0 Å². The molecule has 0 N–H and O–H groups in total. The van der Waals surface area contributed by atoms with Gasteiger partial charge >= 0.3 is 0 Å². The Morgan fingerprint density at radius 3 is 2.69 bits per heavy atom. The van der Waals surface area contributed by atoms with Crippen LogP contribution in [0.15, 0.2) is 42.5 Å². The van der Waals surface area contributed by atoms with Crippen molar-refractivity contribution in [1.82, 2.24) is 0 Å². The minimum atomic E-state index is 0.321. The van der Waals surface area contributed by atoms with Gasteiger partial charge in [0.15, 0.2) is 0 Å². The van der Waals surface area contributed by atoms with Gasteiger partial charge in [0, 0.05) is 0 Å². The second-order valence-corrected chi connectivity index (χ2v) is 11.9. The molecule has 0 saturated heterocycles. The highest BCUT2D eigenvalue weighted by Gasteiger charge is 2.08. The lowest BCUT2D eigenvalue weighted by Crippen LogP contribution is -1.90. The van der Waals surface area contributed by atoms with Gasteiger partial charge in [-0.15, -0.1) is 0 Å². The van der Waals surface area contributed by atoms with Crippen LogP contribution >= 0.6 is 23.8 Å². The summed E-state index contributed by atoms with van der Waals surface area (Å²) in [5, 5.41) is 1.55. The quantitative estimate of drug-likeness (QED) is 0.534. The molecule has 1 aliphatic heterocycles. The van der Waals surface area contributed by atoms with Gasteiger partial charge in [0.05, 0.1) is 0 Å². The molecule has 1 heterocycles. The summed E-state index contributed by atoms with van der Waals surface area (Å²) in [5.74, 6) is 0. The molecule has 0 spiro atoms. The first-order valence-corrected chi connectivity index (χ1v) is 9.84. The van der Waals surface area contributed by atoms with E-state index in [-0.39, 0.29) is 0 Å². The van der Waals surface area contributed by atoms with E-state index < -0.39 is 0 Å². The van der Waals surface area contributed by atoms with Crippen LogP contribution in [-0.4, -0.2) is 12.3 Å². The Bertz CT molecular complexity index is 281. The van der Waals surface area contributed by atoms with Crippen molar-refractivity contribution in [3.05, 3.63) is 42.5 Å². The van der Waals surface area contributed by atoms with Crippen LogP contribution in [0, 0.1) is 0 Å². The van der Waals surface area contributed by atoms with Crippen molar-refractivity contribution >= 4 is 29.1 Å². The minimum absolute atomic E-state index is 0.321. The minimum Gasteiger partial charge on any atom is -0.0873 e. The first kappa shape index (κ1) is 9.79. The van der Waals surface area contributed by atoms with E-state index in [1.807, 2.05) is 0 Å². The van der Waals surface area contributed by atoms with Crippen LogP contribution in [0.3, 0.4) is 0 Å². The molecule has 3 atom stereocenters. The zero-order valence-electron chi connectivity index (χ0n) is 7.40.